The van der Waals surface area contributed by atoms with Crippen LogP contribution >= 0.6 is 23.2 Å². The van der Waals surface area contributed by atoms with E-state index in [2.05, 4.69) is 10.1 Å². The molecule has 8 heteroatoms. The Morgan fingerprint density at radius 1 is 1.29 bits per heavy atom. The molecule has 3 nitrogen and oxygen atoms in total. The van der Waals surface area contributed by atoms with Gasteiger partial charge in [0, 0.05) is 11.8 Å². The van der Waals surface area contributed by atoms with E-state index in [0.717, 1.165) is 24.4 Å². The van der Waals surface area contributed by atoms with Gasteiger partial charge in [-0.25, -0.2) is 9.67 Å². The Hall–Kier alpha value is -1.27. The van der Waals surface area contributed by atoms with Crippen molar-refractivity contribution in [1.82, 2.24) is 14.8 Å². The van der Waals surface area contributed by atoms with Crippen molar-refractivity contribution >= 4 is 23.2 Å². The van der Waals surface area contributed by atoms with E-state index in [1.54, 1.807) is 0 Å². The summed E-state index contributed by atoms with van der Waals surface area (Å²) in [6.45, 7) is 1.99. The molecule has 0 fully saturated rings. The number of hydrogen-bond donors (Lipinski definition) is 0. The van der Waals surface area contributed by atoms with Gasteiger partial charge in [0.25, 0.3) is 0 Å². The van der Waals surface area contributed by atoms with E-state index < -0.39 is 11.7 Å². The van der Waals surface area contributed by atoms with Gasteiger partial charge in [-0.3, -0.25) is 0 Å². The molecule has 0 unspecified atom stereocenters. The lowest BCUT2D eigenvalue weighted by atomic mass is 10.2. The molecule has 114 valence electrons. The van der Waals surface area contributed by atoms with Crippen LogP contribution in [-0.4, -0.2) is 14.8 Å². The van der Waals surface area contributed by atoms with Crippen molar-refractivity contribution in [3.05, 3.63) is 40.3 Å². The van der Waals surface area contributed by atoms with Crippen LogP contribution in [0.15, 0.2) is 18.3 Å². The predicted octanol–water partition coefficient (Wildman–Crippen LogP) is 4.63. The highest BCUT2D eigenvalue weighted by Crippen LogP contribution is 2.30. The minimum absolute atomic E-state index is 0.189. The summed E-state index contributed by atoms with van der Waals surface area (Å²) in [6.07, 6.45) is -2.12. The highest BCUT2D eigenvalue weighted by atomic mass is 35.5. The van der Waals surface area contributed by atoms with Crippen molar-refractivity contribution in [3.63, 3.8) is 0 Å². The van der Waals surface area contributed by atoms with E-state index in [4.69, 9.17) is 23.2 Å². The minimum Gasteiger partial charge on any atom is -0.236 e. The summed E-state index contributed by atoms with van der Waals surface area (Å²) >= 11 is 12.0. The molecule has 0 N–H and O–H groups in total. The van der Waals surface area contributed by atoms with Gasteiger partial charge in [0.15, 0.2) is 5.82 Å². The minimum atomic E-state index is -4.42. The van der Waals surface area contributed by atoms with E-state index in [0.29, 0.717) is 12.0 Å². The maximum Gasteiger partial charge on any atom is 0.417 e. The van der Waals surface area contributed by atoms with Crippen molar-refractivity contribution in [2.24, 2.45) is 0 Å². The van der Waals surface area contributed by atoms with E-state index in [1.807, 2.05) is 6.92 Å². The van der Waals surface area contributed by atoms with E-state index in [9.17, 15) is 13.2 Å². The zero-order valence-electron chi connectivity index (χ0n) is 11.1. The summed E-state index contributed by atoms with van der Waals surface area (Å²) < 4.78 is 38.9. The van der Waals surface area contributed by atoms with Gasteiger partial charge in [0.2, 0.25) is 0 Å². The second-order valence-corrected chi connectivity index (χ2v) is 5.04. The lowest BCUT2D eigenvalue weighted by Crippen LogP contribution is -2.07. The third-order valence-electron chi connectivity index (χ3n) is 2.92. The van der Waals surface area contributed by atoms with Crippen LogP contribution in [0.4, 0.5) is 13.2 Å². The first kappa shape index (κ1) is 16.1. The molecule has 0 spiro atoms. The summed E-state index contributed by atoms with van der Waals surface area (Å²) in [6, 6.07) is 2.18. The van der Waals surface area contributed by atoms with Crippen LogP contribution in [0.25, 0.3) is 5.82 Å². The molecule has 0 saturated carbocycles. The van der Waals surface area contributed by atoms with Gasteiger partial charge < -0.3 is 0 Å². The average Bonchev–Trinajstić information content (AvgIpc) is 2.74. The molecule has 2 rings (SSSR count). The van der Waals surface area contributed by atoms with Crippen LogP contribution in [-0.2, 0) is 18.5 Å². The van der Waals surface area contributed by atoms with Gasteiger partial charge in [-0.05, 0) is 18.6 Å². The lowest BCUT2D eigenvalue weighted by Gasteiger charge is -2.07. The number of alkyl halides is 4. The van der Waals surface area contributed by atoms with Gasteiger partial charge in [0.05, 0.1) is 17.1 Å². The number of nitrogens with zero attached hydrogens (tertiary/aromatic N) is 3. The van der Waals surface area contributed by atoms with Crippen LogP contribution in [0.5, 0.6) is 0 Å². The average molecular weight is 338 g/mol. The number of aromatic nitrogens is 3. The summed E-state index contributed by atoms with van der Waals surface area (Å²) in [5, 5.41) is 4.57. The Bertz CT molecular complexity index is 621. The van der Waals surface area contributed by atoms with Crippen molar-refractivity contribution in [3.8, 4) is 5.82 Å². The molecular formula is C13H12Cl2F3N3. The van der Waals surface area contributed by atoms with Crippen LogP contribution in [0.1, 0.15) is 30.2 Å². The molecular weight excluding hydrogens is 326 g/mol. The highest BCUT2D eigenvalue weighted by Gasteiger charge is 2.31. The van der Waals surface area contributed by atoms with Gasteiger partial charge in [0.1, 0.15) is 5.15 Å². The molecule has 0 aliphatic heterocycles. The standard InChI is InChI=1S/C13H12Cl2F3N3/c1-2-3-10-9(6-14)12(15)21(20-10)11-5-4-8(7-19-11)13(16,17)18/h4-5,7H,2-3,6H2,1H3. The number of rotatable bonds is 4. The van der Waals surface area contributed by atoms with E-state index >= 15 is 0 Å². The molecule has 2 heterocycles. The Balaban J connectivity index is 2.42. The van der Waals surface area contributed by atoms with Crippen molar-refractivity contribution in [1.29, 1.82) is 0 Å². The zero-order valence-corrected chi connectivity index (χ0v) is 12.6. The maximum absolute atomic E-state index is 12.5. The largest absolute Gasteiger partial charge is 0.417 e. The molecule has 0 aliphatic carbocycles. The molecule has 0 aromatic carbocycles. The Labute approximate surface area is 129 Å². The smallest absolute Gasteiger partial charge is 0.236 e. The normalized spacial score (nSPS) is 11.9. The fraction of sp³-hybridized carbons (Fsp3) is 0.385. The lowest BCUT2D eigenvalue weighted by molar-refractivity contribution is -0.137. The van der Waals surface area contributed by atoms with Crippen LogP contribution in [0.2, 0.25) is 5.15 Å². The molecule has 21 heavy (non-hydrogen) atoms. The molecule has 0 aliphatic rings. The first-order valence-electron chi connectivity index (χ1n) is 6.24. The second-order valence-electron chi connectivity index (χ2n) is 4.41. The van der Waals surface area contributed by atoms with Crippen LogP contribution < -0.4 is 0 Å². The van der Waals surface area contributed by atoms with Crippen molar-refractivity contribution < 1.29 is 13.2 Å². The monoisotopic (exact) mass is 337 g/mol. The van der Waals surface area contributed by atoms with Gasteiger partial charge >= 0.3 is 6.18 Å². The predicted molar refractivity (Wildman–Crippen MR) is 74.9 cm³/mol. The molecule has 0 radical (unpaired) electrons. The van der Waals surface area contributed by atoms with E-state index in [-0.39, 0.29) is 16.9 Å². The van der Waals surface area contributed by atoms with Gasteiger partial charge in [-0.15, -0.1) is 11.6 Å². The quantitative estimate of drug-likeness (QED) is 0.761. The molecule has 0 bridgehead atoms. The number of halogens is 5. The second kappa shape index (κ2) is 6.23. The van der Waals surface area contributed by atoms with Gasteiger partial charge in [-0.1, -0.05) is 24.9 Å². The fourth-order valence-corrected chi connectivity index (χ4v) is 2.52. The van der Waals surface area contributed by atoms with Crippen LogP contribution in [0.3, 0.4) is 0 Å². The molecule has 0 atom stereocenters. The Morgan fingerprint density at radius 3 is 2.48 bits per heavy atom. The van der Waals surface area contributed by atoms with Gasteiger partial charge in [-0.2, -0.15) is 18.3 Å². The summed E-state index contributed by atoms with van der Waals surface area (Å²) in [4.78, 5) is 3.78. The third kappa shape index (κ3) is 3.32. The van der Waals surface area contributed by atoms with Crippen LogP contribution in [0, 0.1) is 0 Å². The van der Waals surface area contributed by atoms with Crippen molar-refractivity contribution in [2.75, 3.05) is 0 Å². The van der Waals surface area contributed by atoms with Crippen molar-refractivity contribution in [2.45, 2.75) is 31.8 Å². The summed E-state index contributed by atoms with van der Waals surface area (Å²) in [7, 11) is 0. The molecule has 2 aromatic heterocycles. The Morgan fingerprint density at radius 2 is 2.00 bits per heavy atom. The topological polar surface area (TPSA) is 30.7 Å². The number of hydrogen-bond acceptors (Lipinski definition) is 2. The number of pyridine rings is 1. The highest BCUT2D eigenvalue weighted by molar-refractivity contribution is 6.31. The summed E-state index contributed by atoms with van der Waals surface area (Å²) in [5.41, 5.74) is 0.599. The Kier molecular flexibility index (Phi) is 4.78. The van der Waals surface area contributed by atoms with E-state index in [1.165, 1.54) is 10.7 Å². The molecule has 0 amide bonds. The third-order valence-corrected chi connectivity index (χ3v) is 3.57. The zero-order chi connectivity index (χ0) is 15.6. The SMILES string of the molecule is CCCc1nn(-c2ccc(C(F)(F)F)cn2)c(Cl)c1CCl. The number of aryl methyl sites for hydroxylation is 1. The fourth-order valence-electron chi connectivity index (χ4n) is 1.87. The first-order valence-corrected chi connectivity index (χ1v) is 7.15. The first-order chi connectivity index (χ1) is 9.88. The summed E-state index contributed by atoms with van der Waals surface area (Å²) in [5.74, 6) is 0.413. The molecule has 2 aromatic rings. The molecule has 0 saturated heterocycles. The maximum atomic E-state index is 12.5.